The third-order valence-electron chi connectivity index (χ3n) is 2.92. The lowest BCUT2D eigenvalue weighted by Gasteiger charge is -2.21. The van der Waals surface area contributed by atoms with Crippen LogP contribution in [0.3, 0.4) is 0 Å². The average molecular weight is 229 g/mol. The second-order valence-corrected chi connectivity index (χ2v) is 4.12. The molecule has 1 fully saturated rings. The summed E-state index contributed by atoms with van der Waals surface area (Å²) in [4.78, 5) is 22.5. The topological polar surface area (TPSA) is 75.6 Å². The van der Waals surface area contributed by atoms with Gasteiger partial charge in [-0.2, -0.15) is 0 Å². The first-order valence-electron chi connectivity index (χ1n) is 5.68. The number of rotatable bonds is 4. The summed E-state index contributed by atoms with van der Waals surface area (Å²) in [6.07, 6.45) is 3.89. The van der Waals surface area contributed by atoms with E-state index in [0.29, 0.717) is 0 Å². The Morgan fingerprint density at radius 2 is 2.00 bits per heavy atom. The number of methoxy groups -OCH3 is 1. The minimum atomic E-state index is -1.27. The van der Waals surface area contributed by atoms with Crippen LogP contribution in [0.2, 0.25) is 0 Å². The number of nitrogens with one attached hydrogen (secondary N) is 1. The number of aliphatic hydroxyl groups excluding tert-OH is 1. The van der Waals surface area contributed by atoms with E-state index in [9.17, 15) is 14.7 Å². The molecule has 0 bridgehead atoms. The van der Waals surface area contributed by atoms with Gasteiger partial charge >= 0.3 is 5.97 Å². The van der Waals surface area contributed by atoms with Crippen molar-refractivity contribution in [3.05, 3.63) is 0 Å². The van der Waals surface area contributed by atoms with Gasteiger partial charge in [-0.25, -0.2) is 4.79 Å². The fourth-order valence-corrected chi connectivity index (χ4v) is 1.93. The lowest BCUT2D eigenvalue weighted by molar-refractivity contribution is -0.150. The monoisotopic (exact) mass is 229 g/mol. The molecular formula is C11H19NO4. The second kappa shape index (κ2) is 6.48. The molecule has 0 aromatic heterocycles. The minimum absolute atomic E-state index is 0.0404. The predicted molar refractivity (Wildman–Crippen MR) is 57.6 cm³/mol. The molecule has 1 amide bonds. The van der Waals surface area contributed by atoms with Crippen LogP contribution in [0.4, 0.5) is 0 Å². The molecule has 0 radical (unpaired) electrons. The van der Waals surface area contributed by atoms with Crippen molar-refractivity contribution in [2.75, 3.05) is 13.7 Å². The third kappa shape index (κ3) is 3.81. The Labute approximate surface area is 95.2 Å². The molecule has 1 saturated carbocycles. The molecule has 1 aliphatic rings. The van der Waals surface area contributed by atoms with Gasteiger partial charge in [0, 0.05) is 5.92 Å². The molecular weight excluding hydrogens is 210 g/mol. The van der Waals surface area contributed by atoms with Crippen molar-refractivity contribution in [1.29, 1.82) is 0 Å². The Morgan fingerprint density at radius 3 is 2.56 bits per heavy atom. The van der Waals surface area contributed by atoms with Crippen molar-refractivity contribution in [2.45, 2.75) is 38.2 Å². The van der Waals surface area contributed by atoms with E-state index in [1.165, 1.54) is 13.5 Å². The van der Waals surface area contributed by atoms with E-state index in [2.05, 4.69) is 10.1 Å². The van der Waals surface area contributed by atoms with Crippen molar-refractivity contribution in [1.82, 2.24) is 5.32 Å². The highest BCUT2D eigenvalue weighted by molar-refractivity contribution is 5.80. The number of amides is 1. The van der Waals surface area contributed by atoms with E-state index >= 15 is 0 Å². The Bertz CT molecular complexity index is 248. The lowest BCUT2D eigenvalue weighted by atomic mass is 9.88. The molecule has 1 atom stereocenters. The summed E-state index contributed by atoms with van der Waals surface area (Å²) in [5.41, 5.74) is 0. The zero-order valence-corrected chi connectivity index (χ0v) is 9.57. The SMILES string of the molecule is COC(=O)C(O)CNC(=O)C1CCCCC1. The standard InChI is InChI=1S/C11H19NO4/c1-16-11(15)9(13)7-12-10(14)8-5-3-2-4-6-8/h8-9,13H,2-7H2,1H3,(H,12,14). The number of aliphatic hydroxyl groups is 1. The van der Waals surface area contributed by atoms with Gasteiger partial charge in [0.1, 0.15) is 0 Å². The summed E-state index contributed by atoms with van der Waals surface area (Å²) in [5.74, 6) is -0.745. The van der Waals surface area contributed by atoms with Crippen LogP contribution in [0, 0.1) is 5.92 Å². The summed E-state index contributed by atoms with van der Waals surface area (Å²) >= 11 is 0. The largest absolute Gasteiger partial charge is 0.467 e. The van der Waals surface area contributed by atoms with Gasteiger partial charge in [0.05, 0.1) is 13.7 Å². The summed E-state index contributed by atoms with van der Waals surface area (Å²) < 4.78 is 4.35. The first kappa shape index (κ1) is 13.0. The van der Waals surface area contributed by atoms with Gasteiger partial charge in [0.25, 0.3) is 0 Å². The Hall–Kier alpha value is -1.10. The van der Waals surface area contributed by atoms with Crippen molar-refractivity contribution >= 4 is 11.9 Å². The highest BCUT2D eigenvalue weighted by atomic mass is 16.5. The van der Waals surface area contributed by atoms with E-state index in [4.69, 9.17) is 0 Å². The quantitative estimate of drug-likeness (QED) is 0.676. The number of hydrogen-bond acceptors (Lipinski definition) is 4. The summed E-state index contributed by atoms with van der Waals surface area (Å²) in [6.45, 7) is -0.0675. The van der Waals surface area contributed by atoms with Gasteiger partial charge in [0.15, 0.2) is 6.10 Å². The molecule has 0 saturated heterocycles. The van der Waals surface area contributed by atoms with Crippen LogP contribution in [0.25, 0.3) is 0 Å². The number of hydrogen-bond donors (Lipinski definition) is 2. The first-order valence-corrected chi connectivity index (χ1v) is 5.68. The molecule has 16 heavy (non-hydrogen) atoms. The Morgan fingerprint density at radius 1 is 1.38 bits per heavy atom. The fraction of sp³-hybridized carbons (Fsp3) is 0.818. The molecule has 0 spiro atoms. The van der Waals surface area contributed by atoms with E-state index in [1.54, 1.807) is 0 Å². The van der Waals surface area contributed by atoms with Gasteiger partial charge in [-0.05, 0) is 12.8 Å². The maximum Gasteiger partial charge on any atom is 0.336 e. The highest BCUT2D eigenvalue weighted by Crippen LogP contribution is 2.23. The molecule has 0 heterocycles. The number of esters is 1. The van der Waals surface area contributed by atoms with Crippen LogP contribution < -0.4 is 5.32 Å². The average Bonchev–Trinajstić information content (AvgIpc) is 2.35. The van der Waals surface area contributed by atoms with Crippen molar-refractivity contribution in [2.24, 2.45) is 5.92 Å². The third-order valence-corrected chi connectivity index (χ3v) is 2.92. The summed E-state index contributed by atoms with van der Waals surface area (Å²) in [6, 6.07) is 0. The smallest absolute Gasteiger partial charge is 0.336 e. The molecule has 1 rings (SSSR count). The maximum absolute atomic E-state index is 11.6. The second-order valence-electron chi connectivity index (χ2n) is 4.12. The van der Waals surface area contributed by atoms with Crippen molar-refractivity contribution in [3.8, 4) is 0 Å². The normalized spacial score (nSPS) is 18.9. The number of carbonyl (C=O) groups excluding carboxylic acids is 2. The van der Waals surface area contributed by atoms with Crippen LogP contribution >= 0.6 is 0 Å². The van der Waals surface area contributed by atoms with E-state index in [-0.39, 0.29) is 18.4 Å². The Balaban J connectivity index is 2.26. The molecule has 0 aromatic rings. The first-order chi connectivity index (χ1) is 7.65. The zero-order chi connectivity index (χ0) is 12.0. The molecule has 0 aliphatic heterocycles. The van der Waals surface area contributed by atoms with Crippen LogP contribution in [-0.2, 0) is 14.3 Å². The van der Waals surface area contributed by atoms with Gasteiger partial charge in [-0.15, -0.1) is 0 Å². The van der Waals surface area contributed by atoms with E-state index in [0.717, 1.165) is 25.7 Å². The molecule has 2 N–H and O–H groups in total. The van der Waals surface area contributed by atoms with E-state index in [1.807, 2.05) is 0 Å². The molecule has 5 nitrogen and oxygen atoms in total. The number of ether oxygens (including phenoxy) is 1. The van der Waals surface area contributed by atoms with Gasteiger partial charge < -0.3 is 15.2 Å². The van der Waals surface area contributed by atoms with Gasteiger partial charge in [-0.1, -0.05) is 19.3 Å². The van der Waals surface area contributed by atoms with Crippen LogP contribution in [0.5, 0.6) is 0 Å². The van der Waals surface area contributed by atoms with Crippen molar-refractivity contribution in [3.63, 3.8) is 0 Å². The summed E-state index contributed by atoms with van der Waals surface area (Å²) in [7, 11) is 1.20. The molecule has 1 aliphatic carbocycles. The fourth-order valence-electron chi connectivity index (χ4n) is 1.93. The number of carbonyl (C=O) groups is 2. The van der Waals surface area contributed by atoms with Crippen LogP contribution in [0.15, 0.2) is 0 Å². The van der Waals surface area contributed by atoms with Crippen LogP contribution in [-0.4, -0.2) is 36.7 Å². The minimum Gasteiger partial charge on any atom is -0.467 e. The molecule has 5 heteroatoms. The maximum atomic E-state index is 11.6. The highest BCUT2D eigenvalue weighted by Gasteiger charge is 2.22. The van der Waals surface area contributed by atoms with Crippen molar-refractivity contribution < 1.29 is 19.4 Å². The van der Waals surface area contributed by atoms with Gasteiger partial charge in [-0.3, -0.25) is 4.79 Å². The van der Waals surface area contributed by atoms with Crippen LogP contribution in [0.1, 0.15) is 32.1 Å². The molecule has 92 valence electrons. The summed E-state index contributed by atoms with van der Waals surface area (Å²) in [5, 5.41) is 11.9. The molecule has 1 unspecified atom stereocenters. The van der Waals surface area contributed by atoms with Gasteiger partial charge in [0.2, 0.25) is 5.91 Å². The zero-order valence-electron chi connectivity index (χ0n) is 9.57. The van der Waals surface area contributed by atoms with E-state index < -0.39 is 12.1 Å². The lowest BCUT2D eigenvalue weighted by Crippen LogP contribution is -2.40. The predicted octanol–water partition coefficient (Wildman–Crippen LogP) is 0.217. The molecule has 0 aromatic carbocycles. The Kier molecular flexibility index (Phi) is 5.25.